The molecule has 0 unspecified atom stereocenters. The summed E-state index contributed by atoms with van der Waals surface area (Å²) in [6.07, 6.45) is 2.78. The molecule has 1 fully saturated rings. The van der Waals surface area contributed by atoms with Crippen LogP contribution in [0.15, 0.2) is 23.1 Å². The first-order valence-corrected chi connectivity index (χ1v) is 7.85. The molecule has 0 aromatic heterocycles. The Morgan fingerprint density at radius 2 is 2.26 bits per heavy atom. The molecular weight excluding hydrogens is 269 g/mol. The molecule has 106 valence electrons. The Kier molecular flexibility index (Phi) is 4.54. The lowest BCUT2D eigenvalue weighted by atomic mass is 10.2. The van der Waals surface area contributed by atoms with Crippen molar-refractivity contribution < 1.29 is 17.5 Å². The van der Waals surface area contributed by atoms with E-state index < -0.39 is 15.8 Å². The first kappa shape index (κ1) is 14.4. The van der Waals surface area contributed by atoms with Gasteiger partial charge in [-0.3, -0.25) is 0 Å². The van der Waals surface area contributed by atoms with Crippen LogP contribution in [0.1, 0.15) is 24.8 Å². The number of benzene rings is 1. The number of hydrogen-bond acceptors (Lipinski definition) is 3. The topological polar surface area (TPSA) is 55.4 Å². The van der Waals surface area contributed by atoms with Crippen LogP contribution in [0.3, 0.4) is 0 Å². The van der Waals surface area contributed by atoms with Crippen molar-refractivity contribution in [3.8, 4) is 0 Å². The fourth-order valence-electron chi connectivity index (χ4n) is 2.18. The third kappa shape index (κ3) is 3.52. The van der Waals surface area contributed by atoms with Gasteiger partial charge in [0.05, 0.1) is 11.0 Å². The normalized spacial score (nSPS) is 19.8. The molecule has 0 bridgehead atoms. The highest BCUT2D eigenvalue weighted by molar-refractivity contribution is 7.89. The van der Waals surface area contributed by atoms with Crippen LogP contribution in [0.5, 0.6) is 0 Å². The molecule has 19 heavy (non-hydrogen) atoms. The van der Waals surface area contributed by atoms with E-state index in [0.29, 0.717) is 13.0 Å². The van der Waals surface area contributed by atoms with Gasteiger partial charge in [0.1, 0.15) is 5.82 Å². The molecule has 1 N–H and O–H groups in total. The van der Waals surface area contributed by atoms with E-state index in [0.717, 1.165) is 19.4 Å². The van der Waals surface area contributed by atoms with E-state index in [1.165, 1.54) is 25.1 Å². The molecule has 1 heterocycles. The number of rotatable bonds is 5. The Morgan fingerprint density at radius 1 is 1.47 bits per heavy atom. The van der Waals surface area contributed by atoms with E-state index in [4.69, 9.17) is 4.74 Å². The maximum atomic E-state index is 13.4. The molecule has 1 aromatic carbocycles. The number of nitrogens with one attached hydrogen (secondary N) is 1. The molecule has 1 aliphatic heterocycles. The van der Waals surface area contributed by atoms with Crippen molar-refractivity contribution in [3.05, 3.63) is 29.6 Å². The fourth-order valence-corrected chi connectivity index (χ4v) is 3.48. The number of halogens is 1. The maximum Gasteiger partial charge on any atom is 0.240 e. The Hall–Kier alpha value is -0.980. The minimum absolute atomic E-state index is 0.000148. The summed E-state index contributed by atoms with van der Waals surface area (Å²) in [4.78, 5) is -0.000148. The van der Waals surface area contributed by atoms with Gasteiger partial charge in [-0.25, -0.2) is 17.5 Å². The van der Waals surface area contributed by atoms with Gasteiger partial charge in [0.2, 0.25) is 10.0 Å². The predicted molar refractivity (Wildman–Crippen MR) is 69.9 cm³/mol. The molecule has 0 spiro atoms. The van der Waals surface area contributed by atoms with Gasteiger partial charge >= 0.3 is 0 Å². The second-order valence-corrected chi connectivity index (χ2v) is 6.42. The molecule has 4 nitrogen and oxygen atoms in total. The molecule has 0 amide bonds. The summed E-state index contributed by atoms with van der Waals surface area (Å²) in [5.41, 5.74) is 0.145. The van der Waals surface area contributed by atoms with Crippen LogP contribution in [0.4, 0.5) is 4.39 Å². The zero-order valence-corrected chi connectivity index (χ0v) is 11.7. The van der Waals surface area contributed by atoms with Gasteiger partial charge in [-0.2, -0.15) is 0 Å². The lowest BCUT2D eigenvalue weighted by Crippen LogP contribution is -2.28. The van der Waals surface area contributed by atoms with Crippen molar-refractivity contribution in [3.63, 3.8) is 0 Å². The van der Waals surface area contributed by atoms with Crippen LogP contribution in [-0.2, 0) is 14.8 Å². The van der Waals surface area contributed by atoms with Gasteiger partial charge < -0.3 is 4.74 Å². The lowest BCUT2D eigenvalue weighted by molar-refractivity contribution is 0.105. The molecule has 1 aliphatic rings. The number of ether oxygens (including phenoxy) is 1. The molecule has 0 aliphatic carbocycles. The van der Waals surface area contributed by atoms with Crippen molar-refractivity contribution in [2.75, 3.05) is 13.2 Å². The zero-order valence-electron chi connectivity index (χ0n) is 10.9. The highest BCUT2D eigenvalue weighted by Crippen LogP contribution is 2.18. The first-order chi connectivity index (χ1) is 9.00. The fraction of sp³-hybridized carbons (Fsp3) is 0.538. The largest absolute Gasteiger partial charge is 0.378 e. The summed E-state index contributed by atoms with van der Waals surface area (Å²) in [5, 5.41) is 0. The molecular formula is C13H18FNO3S. The van der Waals surface area contributed by atoms with Gasteiger partial charge in [0.15, 0.2) is 0 Å². The van der Waals surface area contributed by atoms with Crippen LogP contribution < -0.4 is 4.72 Å². The molecule has 0 saturated carbocycles. The highest BCUT2D eigenvalue weighted by Gasteiger charge is 2.20. The van der Waals surface area contributed by atoms with Crippen molar-refractivity contribution >= 4 is 10.0 Å². The van der Waals surface area contributed by atoms with E-state index in [2.05, 4.69) is 4.72 Å². The van der Waals surface area contributed by atoms with Gasteiger partial charge in [-0.05, 0) is 38.3 Å². The van der Waals surface area contributed by atoms with Crippen molar-refractivity contribution in [2.45, 2.75) is 37.2 Å². The number of sulfonamides is 1. The third-order valence-corrected chi connectivity index (χ3v) is 4.90. The SMILES string of the molecule is Cc1c(F)cccc1S(=O)(=O)NCC[C@@H]1CCCO1. The molecule has 1 saturated heterocycles. The van der Waals surface area contributed by atoms with Crippen LogP contribution in [-0.4, -0.2) is 27.7 Å². The monoisotopic (exact) mass is 287 g/mol. The minimum atomic E-state index is -3.65. The van der Waals surface area contributed by atoms with Gasteiger partial charge in [-0.15, -0.1) is 0 Å². The molecule has 0 radical (unpaired) electrons. The second kappa shape index (κ2) is 5.98. The quantitative estimate of drug-likeness (QED) is 0.901. The van der Waals surface area contributed by atoms with Crippen molar-refractivity contribution in [1.82, 2.24) is 4.72 Å². The summed E-state index contributed by atoms with van der Waals surface area (Å²) in [7, 11) is -3.65. The van der Waals surface area contributed by atoms with Gasteiger partial charge in [-0.1, -0.05) is 6.07 Å². The van der Waals surface area contributed by atoms with Crippen LogP contribution in [0.25, 0.3) is 0 Å². The van der Waals surface area contributed by atoms with Crippen molar-refractivity contribution in [1.29, 1.82) is 0 Å². The summed E-state index contributed by atoms with van der Waals surface area (Å²) < 4.78 is 45.4. The predicted octanol–water partition coefficient (Wildman–Crippen LogP) is 1.98. The first-order valence-electron chi connectivity index (χ1n) is 6.37. The Balaban J connectivity index is 1.99. The Bertz CT molecular complexity index is 539. The van der Waals surface area contributed by atoms with E-state index in [1.54, 1.807) is 0 Å². The molecule has 2 rings (SSSR count). The molecule has 6 heteroatoms. The summed E-state index contributed by atoms with van der Waals surface area (Å²) in [5.74, 6) is -0.512. The van der Waals surface area contributed by atoms with Crippen LogP contribution in [0, 0.1) is 12.7 Å². The average molecular weight is 287 g/mol. The average Bonchev–Trinajstić information content (AvgIpc) is 2.85. The van der Waals surface area contributed by atoms with Crippen LogP contribution >= 0.6 is 0 Å². The third-order valence-electron chi connectivity index (χ3n) is 3.29. The summed E-state index contributed by atoms with van der Waals surface area (Å²) in [6.45, 7) is 2.52. The number of hydrogen-bond donors (Lipinski definition) is 1. The Labute approximate surface area is 113 Å². The van der Waals surface area contributed by atoms with Gasteiger partial charge in [0.25, 0.3) is 0 Å². The van der Waals surface area contributed by atoms with Gasteiger partial charge in [0, 0.05) is 18.7 Å². The van der Waals surface area contributed by atoms with Crippen molar-refractivity contribution in [2.24, 2.45) is 0 Å². The van der Waals surface area contributed by atoms with E-state index >= 15 is 0 Å². The van der Waals surface area contributed by atoms with E-state index in [-0.39, 0.29) is 16.6 Å². The maximum absolute atomic E-state index is 13.4. The minimum Gasteiger partial charge on any atom is -0.378 e. The standard InChI is InChI=1S/C13H18FNO3S/c1-10-12(14)5-2-6-13(10)19(16,17)15-8-7-11-4-3-9-18-11/h2,5-6,11,15H,3-4,7-9H2,1H3/t11-/m0/s1. The second-order valence-electron chi connectivity index (χ2n) is 4.68. The lowest BCUT2D eigenvalue weighted by Gasteiger charge is -2.12. The van der Waals surface area contributed by atoms with E-state index in [9.17, 15) is 12.8 Å². The molecule has 1 aromatic rings. The summed E-state index contributed by atoms with van der Waals surface area (Å²) >= 11 is 0. The molecule has 1 atom stereocenters. The highest BCUT2D eigenvalue weighted by atomic mass is 32.2. The van der Waals surface area contributed by atoms with Crippen LogP contribution in [0.2, 0.25) is 0 Å². The van der Waals surface area contributed by atoms with E-state index in [1.807, 2.05) is 0 Å². The smallest absolute Gasteiger partial charge is 0.240 e. The zero-order chi connectivity index (χ0) is 13.9. The summed E-state index contributed by atoms with van der Waals surface area (Å²) in [6, 6.07) is 4.06. The Morgan fingerprint density at radius 3 is 2.95 bits per heavy atom.